The van der Waals surface area contributed by atoms with E-state index in [0.29, 0.717) is 11.6 Å². The van der Waals surface area contributed by atoms with Crippen LogP contribution in [0.2, 0.25) is 0 Å². The smallest absolute Gasteiger partial charge is 0.261 e. The number of halogens is 1. The predicted molar refractivity (Wildman–Crippen MR) is 129 cm³/mol. The van der Waals surface area contributed by atoms with E-state index in [-0.39, 0.29) is 16.9 Å². The number of hydrogen-bond donors (Lipinski definition) is 2. The molecule has 0 amide bonds. The number of hydrogen-bond acceptors (Lipinski definition) is 3. The quantitative estimate of drug-likeness (QED) is 0.413. The van der Waals surface area contributed by atoms with Crippen LogP contribution in [0.4, 0.5) is 11.4 Å². The molecule has 0 spiro atoms. The van der Waals surface area contributed by atoms with Crippen LogP contribution >= 0.6 is 15.9 Å². The van der Waals surface area contributed by atoms with Crippen LogP contribution in [-0.4, -0.2) is 8.42 Å². The summed E-state index contributed by atoms with van der Waals surface area (Å²) in [7, 11) is -3.67. The zero-order chi connectivity index (χ0) is 21.6. The molecule has 4 nitrogen and oxygen atoms in total. The molecule has 3 aromatic carbocycles. The third-order valence-electron chi connectivity index (χ3n) is 6.16. The van der Waals surface area contributed by atoms with E-state index in [9.17, 15) is 8.42 Å². The fourth-order valence-electron chi connectivity index (χ4n) is 4.61. The molecule has 1 aliphatic heterocycles. The first-order chi connectivity index (χ1) is 14.9. The molecule has 5 rings (SSSR count). The minimum atomic E-state index is -3.67. The minimum absolute atomic E-state index is 0.179. The lowest BCUT2D eigenvalue weighted by atomic mass is 9.77. The molecule has 6 heteroatoms. The molecule has 2 aliphatic rings. The van der Waals surface area contributed by atoms with E-state index in [2.05, 4.69) is 56.3 Å². The van der Waals surface area contributed by atoms with Crippen molar-refractivity contribution in [3.05, 3.63) is 100 Å². The maximum absolute atomic E-state index is 13.0. The lowest BCUT2D eigenvalue weighted by Crippen LogP contribution is -2.29. The van der Waals surface area contributed by atoms with Gasteiger partial charge in [0.25, 0.3) is 10.0 Å². The Morgan fingerprint density at radius 1 is 1.03 bits per heavy atom. The number of aryl methyl sites for hydroxylation is 1. The van der Waals surface area contributed by atoms with E-state index < -0.39 is 10.0 Å². The first kappa shape index (κ1) is 20.3. The van der Waals surface area contributed by atoms with Crippen molar-refractivity contribution in [3.8, 4) is 0 Å². The molecule has 3 aromatic rings. The van der Waals surface area contributed by atoms with Crippen LogP contribution in [0, 0.1) is 12.8 Å². The Labute approximate surface area is 191 Å². The highest BCUT2D eigenvalue weighted by Gasteiger charge is 2.38. The van der Waals surface area contributed by atoms with Gasteiger partial charge in [-0.3, -0.25) is 4.72 Å². The summed E-state index contributed by atoms with van der Waals surface area (Å²) in [4.78, 5) is 0.286. The van der Waals surface area contributed by atoms with E-state index in [0.717, 1.165) is 27.7 Å². The van der Waals surface area contributed by atoms with Gasteiger partial charge in [0, 0.05) is 21.8 Å². The molecule has 158 valence electrons. The van der Waals surface area contributed by atoms with Gasteiger partial charge in [-0.2, -0.15) is 0 Å². The lowest BCUT2D eigenvalue weighted by molar-refractivity contribution is 0.425. The molecular formula is C25H23BrN2O2S. The van der Waals surface area contributed by atoms with Crippen molar-refractivity contribution in [2.24, 2.45) is 5.92 Å². The molecule has 0 aromatic heterocycles. The Kier molecular flexibility index (Phi) is 5.15. The highest BCUT2D eigenvalue weighted by atomic mass is 79.9. The summed E-state index contributed by atoms with van der Waals surface area (Å²) in [6, 6.07) is 21.3. The van der Waals surface area contributed by atoms with Crippen molar-refractivity contribution in [2.45, 2.75) is 30.2 Å². The molecule has 0 bridgehead atoms. The number of nitrogens with one attached hydrogen (secondary N) is 2. The van der Waals surface area contributed by atoms with Crippen LogP contribution in [-0.2, 0) is 10.0 Å². The fourth-order valence-corrected chi connectivity index (χ4v) is 6.12. The third kappa shape index (κ3) is 3.90. The van der Waals surface area contributed by atoms with Crippen molar-refractivity contribution < 1.29 is 8.42 Å². The van der Waals surface area contributed by atoms with Crippen molar-refractivity contribution in [2.75, 3.05) is 10.0 Å². The van der Waals surface area contributed by atoms with Gasteiger partial charge in [-0.05, 0) is 72.9 Å². The molecule has 1 aliphatic carbocycles. The number of anilines is 2. The van der Waals surface area contributed by atoms with Crippen LogP contribution in [0.15, 0.2) is 88.3 Å². The van der Waals surface area contributed by atoms with E-state index >= 15 is 0 Å². The molecule has 1 heterocycles. The third-order valence-corrected chi connectivity index (χ3v) is 8.03. The normalized spacial score (nSPS) is 21.8. The minimum Gasteiger partial charge on any atom is -0.378 e. The van der Waals surface area contributed by atoms with E-state index in [1.165, 1.54) is 5.56 Å². The highest BCUT2D eigenvalue weighted by Crippen LogP contribution is 2.50. The summed E-state index contributed by atoms with van der Waals surface area (Å²) in [6.07, 6.45) is 5.40. The number of benzene rings is 3. The summed E-state index contributed by atoms with van der Waals surface area (Å²) in [5.41, 5.74) is 4.91. The van der Waals surface area contributed by atoms with Gasteiger partial charge >= 0.3 is 0 Å². The van der Waals surface area contributed by atoms with Gasteiger partial charge in [-0.25, -0.2) is 8.42 Å². The van der Waals surface area contributed by atoms with Gasteiger partial charge < -0.3 is 5.32 Å². The second-order valence-electron chi connectivity index (χ2n) is 8.25. The average Bonchev–Trinajstić information content (AvgIpc) is 3.24. The Bertz CT molecular complexity index is 1270. The Morgan fingerprint density at radius 2 is 1.84 bits per heavy atom. The van der Waals surface area contributed by atoms with E-state index in [1.54, 1.807) is 18.2 Å². The fraction of sp³-hybridized carbons (Fsp3) is 0.200. The standard InChI is InChI=1S/C25H23BrN2O2S/c1-16-8-10-19(11-9-16)28-31(29,30)20-12-13-24-23(15-20)21-6-3-7-22(21)25(27-24)17-4-2-5-18(26)14-17/h2-6,8-15,21-22,25,27-28H,7H2,1H3/t21-,22+,25+/m0/s1. The molecule has 0 unspecified atom stereocenters. The molecular weight excluding hydrogens is 472 g/mol. The topological polar surface area (TPSA) is 58.2 Å². The monoisotopic (exact) mass is 494 g/mol. The van der Waals surface area contributed by atoms with Gasteiger partial charge in [-0.1, -0.05) is 57.9 Å². The van der Waals surface area contributed by atoms with Crippen LogP contribution in [0.5, 0.6) is 0 Å². The lowest BCUT2D eigenvalue weighted by Gasteiger charge is -2.37. The number of allylic oxidation sites excluding steroid dienone is 2. The van der Waals surface area contributed by atoms with Crippen LogP contribution in [0.3, 0.4) is 0 Å². The van der Waals surface area contributed by atoms with Gasteiger partial charge in [0.15, 0.2) is 0 Å². The Hall–Kier alpha value is -2.57. The first-order valence-electron chi connectivity index (χ1n) is 10.3. The largest absolute Gasteiger partial charge is 0.378 e. The number of fused-ring (bicyclic) bond motifs is 3. The number of rotatable bonds is 4. The van der Waals surface area contributed by atoms with Gasteiger partial charge in [-0.15, -0.1) is 0 Å². The average molecular weight is 495 g/mol. The molecule has 3 atom stereocenters. The molecule has 2 N–H and O–H groups in total. The highest BCUT2D eigenvalue weighted by molar-refractivity contribution is 9.10. The summed E-state index contributed by atoms with van der Waals surface area (Å²) in [5.74, 6) is 0.541. The Balaban J connectivity index is 1.49. The van der Waals surface area contributed by atoms with Crippen LogP contribution in [0.1, 0.15) is 35.1 Å². The van der Waals surface area contributed by atoms with Crippen molar-refractivity contribution in [1.82, 2.24) is 0 Å². The maximum Gasteiger partial charge on any atom is 0.261 e. The predicted octanol–water partition coefficient (Wildman–Crippen LogP) is 6.38. The SMILES string of the molecule is Cc1ccc(NS(=O)(=O)c2ccc3c(c2)[C@H]2C=CC[C@H]2[C@@H](c2cccc(Br)c2)N3)cc1. The van der Waals surface area contributed by atoms with Gasteiger partial charge in [0.2, 0.25) is 0 Å². The number of sulfonamides is 1. The summed E-state index contributed by atoms with van der Waals surface area (Å²) in [6.45, 7) is 1.97. The summed E-state index contributed by atoms with van der Waals surface area (Å²) in [5, 5.41) is 3.67. The second kappa shape index (κ2) is 7.84. The van der Waals surface area contributed by atoms with Crippen molar-refractivity contribution in [1.29, 1.82) is 0 Å². The molecule has 0 saturated heterocycles. The molecule has 0 radical (unpaired) electrons. The van der Waals surface area contributed by atoms with Crippen LogP contribution < -0.4 is 10.0 Å². The zero-order valence-corrected chi connectivity index (χ0v) is 19.4. The maximum atomic E-state index is 13.0. The molecule has 31 heavy (non-hydrogen) atoms. The second-order valence-corrected chi connectivity index (χ2v) is 10.8. The van der Waals surface area contributed by atoms with Crippen molar-refractivity contribution in [3.63, 3.8) is 0 Å². The Morgan fingerprint density at radius 3 is 2.61 bits per heavy atom. The van der Waals surface area contributed by atoms with Crippen molar-refractivity contribution >= 4 is 37.3 Å². The summed E-state index contributed by atoms with van der Waals surface area (Å²) < 4.78 is 29.8. The zero-order valence-electron chi connectivity index (χ0n) is 17.0. The van der Waals surface area contributed by atoms with Gasteiger partial charge in [0.05, 0.1) is 10.9 Å². The van der Waals surface area contributed by atoms with Crippen LogP contribution in [0.25, 0.3) is 0 Å². The first-order valence-corrected chi connectivity index (χ1v) is 12.6. The van der Waals surface area contributed by atoms with E-state index in [1.807, 2.05) is 37.3 Å². The molecule has 0 fully saturated rings. The molecule has 0 saturated carbocycles. The van der Waals surface area contributed by atoms with Gasteiger partial charge in [0.1, 0.15) is 0 Å². The summed E-state index contributed by atoms with van der Waals surface area (Å²) >= 11 is 3.58. The van der Waals surface area contributed by atoms with E-state index in [4.69, 9.17) is 0 Å².